The number of benzene rings is 1. The number of aromatic nitrogens is 2. The van der Waals surface area contributed by atoms with Crippen LogP contribution in [0.25, 0.3) is 0 Å². The number of rotatable bonds is 4. The number of nitrogens with zero attached hydrogens (tertiary/aromatic N) is 3. The highest BCUT2D eigenvalue weighted by molar-refractivity contribution is 6.00. The Balaban J connectivity index is 1.72. The van der Waals surface area contributed by atoms with Crippen LogP contribution in [0.1, 0.15) is 6.42 Å². The fourth-order valence-electron chi connectivity index (χ4n) is 2.36. The molecule has 1 N–H and O–H groups in total. The molecule has 1 amide bonds. The summed E-state index contributed by atoms with van der Waals surface area (Å²) >= 11 is 0. The number of anilines is 2. The molecule has 1 aliphatic rings. The molecule has 3 rings (SSSR count). The molecule has 2 aromatic rings. The molecule has 1 fully saturated rings. The number of carbonyl (C=O) groups excluding carboxylic acids is 1. The standard InChI is InChI=1S/C15H16N4O2/c1-21-13-7-9-16-15(18-13)17-12-8-10-19(14(12)20)11-5-3-2-4-6-11/h2-7,9,12H,8,10H2,1H3,(H,16,17,18). The minimum Gasteiger partial charge on any atom is -0.481 e. The van der Waals surface area contributed by atoms with Gasteiger partial charge in [0, 0.05) is 24.5 Å². The summed E-state index contributed by atoms with van der Waals surface area (Å²) in [4.78, 5) is 22.5. The second kappa shape index (κ2) is 5.78. The summed E-state index contributed by atoms with van der Waals surface area (Å²) in [7, 11) is 1.55. The second-order valence-electron chi connectivity index (χ2n) is 4.73. The lowest BCUT2D eigenvalue weighted by molar-refractivity contribution is -0.117. The van der Waals surface area contributed by atoms with E-state index in [2.05, 4.69) is 15.3 Å². The maximum atomic E-state index is 12.4. The van der Waals surface area contributed by atoms with Crippen molar-refractivity contribution in [2.24, 2.45) is 0 Å². The summed E-state index contributed by atoms with van der Waals surface area (Å²) in [6.07, 6.45) is 2.32. The van der Waals surface area contributed by atoms with Crippen molar-refractivity contribution in [3.05, 3.63) is 42.6 Å². The third kappa shape index (κ3) is 2.79. The Morgan fingerprint density at radius 3 is 2.86 bits per heavy atom. The van der Waals surface area contributed by atoms with E-state index in [0.717, 1.165) is 5.69 Å². The van der Waals surface area contributed by atoms with Gasteiger partial charge in [-0.05, 0) is 18.6 Å². The van der Waals surface area contributed by atoms with Gasteiger partial charge in [-0.3, -0.25) is 4.79 Å². The van der Waals surface area contributed by atoms with Gasteiger partial charge >= 0.3 is 0 Å². The number of hydrogen-bond donors (Lipinski definition) is 1. The zero-order valence-corrected chi connectivity index (χ0v) is 11.7. The van der Waals surface area contributed by atoms with Crippen LogP contribution < -0.4 is 15.0 Å². The molecule has 0 radical (unpaired) electrons. The molecule has 0 saturated carbocycles. The third-order valence-electron chi connectivity index (χ3n) is 3.42. The van der Waals surface area contributed by atoms with Crippen LogP contribution in [-0.2, 0) is 4.79 Å². The van der Waals surface area contributed by atoms with Gasteiger partial charge < -0.3 is 15.0 Å². The van der Waals surface area contributed by atoms with Gasteiger partial charge in [0.15, 0.2) is 0 Å². The monoisotopic (exact) mass is 284 g/mol. The van der Waals surface area contributed by atoms with Crippen LogP contribution in [-0.4, -0.2) is 35.6 Å². The molecule has 6 nitrogen and oxygen atoms in total. The second-order valence-corrected chi connectivity index (χ2v) is 4.73. The van der Waals surface area contributed by atoms with Crippen LogP contribution in [0.3, 0.4) is 0 Å². The fourth-order valence-corrected chi connectivity index (χ4v) is 2.36. The molecular formula is C15H16N4O2. The quantitative estimate of drug-likeness (QED) is 0.925. The van der Waals surface area contributed by atoms with Crippen molar-refractivity contribution < 1.29 is 9.53 Å². The summed E-state index contributed by atoms with van der Waals surface area (Å²) in [6.45, 7) is 0.685. The number of carbonyl (C=O) groups is 1. The highest BCUT2D eigenvalue weighted by Gasteiger charge is 2.32. The highest BCUT2D eigenvalue weighted by atomic mass is 16.5. The first-order chi connectivity index (χ1) is 10.3. The molecule has 1 unspecified atom stereocenters. The van der Waals surface area contributed by atoms with Gasteiger partial charge in [0.25, 0.3) is 0 Å². The van der Waals surface area contributed by atoms with E-state index in [4.69, 9.17) is 4.74 Å². The van der Waals surface area contributed by atoms with Crippen molar-refractivity contribution in [1.29, 1.82) is 0 Å². The summed E-state index contributed by atoms with van der Waals surface area (Å²) in [5, 5.41) is 3.07. The molecule has 1 aliphatic heterocycles. The van der Waals surface area contributed by atoms with Gasteiger partial charge in [-0.25, -0.2) is 4.98 Å². The maximum absolute atomic E-state index is 12.4. The first kappa shape index (κ1) is 13.4. The predicted molar refractivity (Wildman–Crippen MR) is 79.4 cm³/mol. The van der Waals surface area contributed by atoms with Crippen LogP contribution in [0.15, 0.2) is 42.6 Å². The Hall–Kier alpha value is -2.63. The van der Waals surface area contributed by atoms with Crippen molar-refractivity contribution in [1.82, 2.24) is 9.97 Å². The number of methoxy groups -OCH3 is 1. The minimum atomic E-state index is -0.308. The molecule has 108 valence electrons. The number of amides is 1. The Labute approximate surface area is 122 Å². The molecule has 21 heavy (non-hydrogen) atoms. The molecule has 1 saturated heterocycles. The van der Waals surface area contributed by atoms with E-state index in [1.165, 1.54) is 0 Å². The zero-order chi connectivity index (χ0) is 14.7. The van der Waals surface area contributed by atoms with E-state index >= 15 is 0 Å². The van der Waals surface area contributed by atoms with E-state index in [1.807, 2.05) is 30.3 Å². The Bertz CT molecular complexity index is 633. The molecule has 0 bridgehead atoms. The molecule has 1 aromatic carbocycles. The van der Waals surface area contributed by atoms with E-state index in [1.54, 1.807) is 24.3 Å². The molecule has 0 spiro atoms. The zero-order valence-electron chi connectivity index (χ0n) is 11.7. The lowest BCUT2D eigenvalue weighted by Gasteiger charge is -2.17. The van der Waals surface area contributed by atoms with E-state index in [9.17, 15) is 4.79 Å². The van der Waals surface area contributed by atoms with Crippen molar-refractivity contribution >= 4 is 17.5 Å². The normalized spacial score (nSPS) is 17.9. The van der Waals surface area contributed by atoms with Crippen molar-refractivity contribution in [2.75, 3.05) is 23.9 Å². The SMILES string of the molecule is COc1ccnc(NC2CCN(c3ccccc3)C2=O)n1. The van der Waals surface area contributed by atoms with Gasteiger partial charge in [0.05, 0.1) is 7.11 Å². The number of hydrogen-bond acceptors (Lipinski definition) is 5. The van der Waals surface area contributed by atoms with E-state index in [-0.39, 0.29) is 11.9 Å². The van der Waals surface area contributed by atoms with Gasteiger partial charge in [-0.2, -0.15) is 4.98 Å². The van der Waals surface area contributed by atoms with E-state index < -0.39 is 0 Å². The van der Waals surface area contributed by atoms with Gasteiger partial charge in [-0.15, -0.1) is 0 Å². The number of para-hydroxylation sites is 1. The van der Waals surface area contributed by atoms with Crippen molar-refractivity contribution in [3.63, 3.8) is 0 Å². The summed E-state index contributed by atoms with van der Waals surface area (Å²) < 4.78 is 5.05. The van der Waals surface area contributed by atoms with E-state index in [0.29, 0.717) is 24.8 Å². The highest BCUT2D eigenvalue weighted by Crippen LogP contribution is 2.22. The predicted octanol–water partition coefficient (Wildman–Crippen LogP) is 1.70. The van der Waals surface area contributed by atoms with Crippen LogP contribution in [0.5, 0.6) is 5.88 Å². The van der Waals surface area contributed by atoms with Crippen LogP contribution >= 0.6 is 0 Å². The molecule has 1 aromatic heterocycles. The van der Waals surface area contributed by atoms with Crippen molar-refractivity contribution in [3.8, 4) is 5.88 Å². The van der Waals surface area contributed by atoms with Gasteiger partial charge in [-0.1, -0.05) is 18.2 Å². The average Bonchev–Trinajstić information content (AvgIpc) is 2.89. The molecule has 2 heterocycles. The largest absolute Gasteiger partial charge is 0.481 e. The van der Waals surface area contributed by atoms with Crippen LogP contribution in [0.4, 0.5) is 11.6 Å². The smallest absolute Gasteiger partial charge is 0.249 e. The average molecular weight is 284 g/mol. The maximum Gasteiger partial charge on any atom is 0.249 e. The lowest BCUT2D eigenvalue weighted by atomic mass is 10.2. The van der Waals surface area contributed by atoms with Crippen molar-refractivity contribution in [2.45, 2.75) is 12.5 Å². The molecule has 0 aliphatic carbocycles. The summed E-state index contributed by atoms with van der Waals surface area (Å²) in [5.74, 6) is 0.910. The Morgan fingerprint density at radius 1 is 1.29 bits per heavy atom. The Kier molecular flexibility index (Phi) is 3.68. The van der Waals surface area contributed by atoms with Crippen LogP contribution in [0, 0.1) is 0 Å². The van der Waals surface area contributed by atoms with Gasteiger partial charge in [0.1, 0.15) is 6.04 Å². The number of nitrogens with one attached hydrogen (secondary N) is 1. The topological polar surface area (TPSA) is 67.3 Å². The number of ether oxygens (including phenoxy) is 1. The first-order valence-corrected chi connectivity index (χ1v) is 6.78. The first-order valence-electron chi connectivity index (χ1n) is 6.78. The van der Waals surface area contributed by atoms with Gasteiger partial charge in [0.2, 0.25) is 17.7 Å². The third-order valence-corrected chi connectivity index (χ3v) is 3.42. The summed E-state index contributed by atoms with van der Waals surface area (Å²) in [5.41, 5.74) is 0.915. The van der Waals surface area contributed by atoms with Crippen LogP contribution in [0.2, 0.25) is 0 Å². The lowest BCUT2D eigenvalue weighted by Crippen LogP contribution is -2.33. The fraction of sp³-hybridized carbons (Fsp3) is 0.267. The molecule has 6 heteroatoms. The minimum absolute atomic E-state index is 0.0348. The Morgan fingerprint density at radius 2 is 2.10 bits per heavy atom. The molecule has 1 atom stereocenters. The summed E-state index contributed by atoms with van der Waals surface area (Å²) in [6, 6.07) is 11.0. The molecular weight excluding hydrogens is 268 g/mol.